The Labute approximate surface area is 89.9 Å². The molecule has 86 valence electrons. The van der Waals surface area contributed by atoms with Crippen molar-refractivity contribution in [1.82, 2.24) is 5.32 Å². The predicted molar refractivity (Wildman–Crippen MR) is 60.2 cm³/mol. The van der Waals surface area contributed by atoms with Crippen LogP contribution in [0, 0.1) is 0 Å². The van der Waals surface area contributed by atoms with Gasteiger partial charge in [0.15, 0.2) is 0 Å². The Morgan fingerprint density at radius 2 is 2.07 bits per heavy atom. The Hall–Kier alpha value is 0.450. The normalized spacial score (nSPS) is 14.3. The molecule has 0 spiro atoms. The van der Waals surface area contributed by atoms with E-state index >= 15 is 0 Å². The summed E-state index contributed by atoms with van der Waals surface area (Å²) >= 11 is 4.33. The summed E-state index contributed by atoms with van der Waals surface area (Å²) < 4.78 is 4.75. The second kappa shape index (κ2) is 7.70. The first-order chi connectivity index (χ1) is 6.45. The Balaban J connectivity index is 3.36. The van der Waals surface area contributed by atoms with Gasteiger partial charge < -0.3 is 15.5 Å². The van der Waals surface area contributed by atoms with E-state index in [1.54, 1.807) is 6.92 Å². The van der Waals surface area contributed by atoms with Gasteiger partial charge in [0.25, 0.3) is 0 Å². The van der Waals surface area contributed by atoms with Crippen LogP contribution < -0.4 is 11.1 Å². The quantitative estimate of drug-likeness (QED) is 0.278. The molecule has 0 rings (SSSR count). The van der Waals surface area contributed by atoms with Gasteiger partial charge in [0.05, 0.1) is 0 Å². The van der Waals surface area contributed by atoms with Crippen molar-refractivity contribution in [3.8, 4) is 0 Å². The van der Waals surface area contributed by atoms with E-state index in [2.05, 4.69) is 17.1 Å². The molecule has 1 unspecified atom stereocenters. The van der Waals surface area contributed by atoms with Crippen molar-refractivity contribution >= 4 is 18.5 Å². The third kappa shape index (κ3) is 10.5. The predicted octanol–water partition coefficient (Wildman–Crippen LogP) is 0.277. The van der Waals surface area contributed by atoms with Crippen LogP contribution in [0.1, 0.15) is 26.2 Å². The Morgan fingerprint density at radius 1 is 1.43 bits per heavy atom. The van der Waals surface area contributed by atoms with Gasteiger partial charge >= 0.3 is 6.72 Å². The van der Waals surface area contributed by atoms with E-state index in [0.717, 1.165) is 25.8 Å². The van der Waals surface area contributed by atoms with Crippen molar-refractivity contribution in [2.24, 2.45) is 5.73 Å². The summed E-state index contributed by atoms with van der Waals surface area (Å²) in [4.78, 5) is 17.7. The van der Waals surface area contributed by atoms with E-state index in [0.29, 0.717) is 6.54 Å². The summed E-state index contributed by atoms with van der Waals surface area (Å²) in [7, 11) is 0. The van der Waals surface area contributed by atoms with Gasteiger partial charge in [0.1, 0.15) is 6.23 Å². The van der Waals surface area contributed by atoms with Gasteiger partial charge in [-0.25, -0.2) is 0 Å². The fourth-order valence-electron chi connectivity index (χ4n) is 0.995. The molecule has 0 radical (unpaired) electrons. The lowest BCUT2D eigenvalue weighted by Gasteiger charge is -2.17. The summed E-state index contributed by atoms with van der Waals surface area (Å²) in [5, 5.41) is 2.98. The van der Waals surface area contributed by atoms with E-state index < -0.39 is 12.9 Å². The van der Waals surface area contributed by atoms with Crippen LogP contribution >= 0.6 is 6.72 Å². The minimum Gasteiger partial charge on any atom is -0.330 e. The van der Waals surface area contributed by atoms with Gasteiger partial charge in [-0.3, -0.25) is 9.84 Å². The molecule has 0 saturated heterocycles. The first-order valence-electron chi connectivity index (χ1n) is 4.63. The standard InChI is InChI=1S/C7H19N2O3PS/c1-7(12-13(10,11)14)9-6-4-2-3-5-8/h7,9H,2-6,8H2,1H3,(H2,10,11,14). The zero-order valence-corrected chi connectivity index (χ0v) is 10.1. The Kier molecular flexibility index (Phi) is 7.95. The highest BCUT2D eigenvalue weighted by molar-refractivity contribution is 8.06. The van der Waals surface area contributed by atoms with Crippen molar-refractivity contribution in [2.45, 2.75) is 32.4 Å². The monoisotopic (exact) mass is 242 g/mol. The molecule has 14 heavy (non-hydrogen) atoms. The van der Waals surface area contributed by atoms with E-state index in [-0.39, 0.29) is 0 Å². The summed E-state index contributed by atoms with van der Waals surface area (Å²) in [5.41, 5.74) is 5.33. The molecule has 0 aliphatic heterocycles. The lowest BCUT2D eigenvalue weighted by atomic mass is 10.2. The molecule has 0 aromatic carbocycles. The van der Waals surface area contributed by atoms with Crippen molar-refractivity contribution in [1.29, 1.82) is 0 Å². The molecular weight excluding hydrogens is 223 g/mol. The average molecular weight is 242 g/mol. The Bertz CT molecular complexity index is 188. The highest BCUT2D eigenvalue weighted by atomic mass is 32.5. The minimum atomic E-state index is -3.53. The van der Waals surface area contributed by atoms with Gasteiger partial charge in [-0.05, 0) is 44.7 Å². The number of hydrogen-bond donors (Lipinski definition) is 4. The van der Waals surface area contributed by atoms with Crippen LogP contribution in [0.3, 0.4) is 0 Å². The van der Waals surface area contributed by atoms with Gasteiger partial charge in [-0.2, -0.15) is 0 Å². The highest BCUT2D eigenvalue weighted by Crippen LogP contribution is 2.37. The van der Waals surface area contributed by atoms with Crippen LogP contribution in [0.4, 0.5) is 0 Å². The van der Waals surface area contributed by atoms with Crippen molar-refractivity contribution in [3.63, 3.8) is 0 Å². The molecule has 5 N–H and O–H groups in total. The molecule has 0 heterocycles. The fourth-order valence-corrected chi connectivity index (χ4v) is 1.87. The van der Waals surface area contributed by atoms with Crippen LogP contribution in [0.15, 0.2) is 0 Å². The molecule has 0 saturated carbocycles. The number of rotatable bonds is 8. The maximum absolute atomic E-state index is 8.83. The lowest BCUT2D eigenvalue weighted by Crippen LogP contribution is -2.28. The molecule has 0 fully saturated rings. The van der Waals surface area contributed by atoms with Gasteiger partial charge in [-0.1, -0.05) is 6.42 Å². The molecule has 0 aliphatic carbocycles. The second-order valence-electron chi connectivity index (χ2n) is 3.04. The van der Waals surface area contributed by atoms with E-state index in [4.69, 9.17) is 20.0 Å². The Morgan fingerprint density at radius 3 is 2.57 bits per heavy atom. The maximum Gasteiger partial charge on any atom is 0.323 e. The number of nitrogens with two attached hydrogens (primary N) is 1. The molecule has 7 heteroatoms. The summed E-state index contributed by atoms with van der Waals surface area (Å²) in [6.07, 6.45) is 2.64. The van der Waals surface area contributed by atoms with Crippen LogP contribution in [0.2, 0.25) is 0 Å². The first kappa shape index (κ1) is 14.5. The van der Waals surface area contributed by atoms with Crippen LogP contribution in [0.5, 0.6) is 0 Å². The molecule has 0 aromatic heterocycles. The molecule has 0 amide bonds. The largest absolute Gasteiger partial charge is 0.330 e. The second-order valence-corrected chi connectivity index (χ2v) is 5.66. The maximum atomic E-state index is 8.83. The van der Waals surface area contributed by atoms with Gasteiger partial charge in [0.2, 0.25) is 0 Å². The van der Waals surface area contributed by atoms with Crippen LogP contribution in [-0.4, -0.2) is 29.1 Å². The molecule has 1 atom stereocenters. The van der Waals surface area contributed by atoms with E-state index in [1.807, 2.05) is 0 Å². The van der Waals surface area contributed by atoms with Crippen molar-refractivity contribution in [2.75, 3.05) is 13.1 Å². The zero-order chi connectivity index (χ0) is 11.0. The van der Waals surface area contributed by atoms with E-state index in [9.17, 15) is 0 Å². The summed E-state index contributed by atoms with van der Waals surface area (Å²) in [6.45, 7) is -0.373. The average Bonchev–Trinajstić information content (AvgIpc) is 2.00. The molecule has 0 bridgehead atoms. The zero-order valence-electron chi connectivity index (χ0n) is 8.35. The van der Waals surface area contributed by atoms with Crippen molar-refractivity contribution in [3.05, 3.63) is 0 Å². The number of hydrogen-bond acceptors (Lipinski definition) is 4. The van der Waals surface area contributed by atoms with Crippen LogP contribution in [0.25, 0.3) is 0 Å². The first-order valence-corrected chi connectivity index (χ1v) is 7.25. The molecule has 5 nitrogen and oxygen atoms in total. The van der Waals surface area contributed by atoms with Crippen molar-refractivity contribution < 1.29 is 14.3 Å². The third-order valence-electron chi connectivity index (χ3n) is 1.61. The topological polar surface area (TPSA) is 87.7 Å². The van der Waals surface area contributed by atoms with Gasteiger partial charge in [-0.15, -0.1) is 0 Å². The smallest absolute Gasteiger partial charge is 0.323 e. The lowest BCUT2D eigenvalue weighted by molar-refractivity contribution is 0.153. The number of unbranched alkanes of at least 4 members (excludes halogenated alkanes) is 2. The summed E-state index contributed by atoms with van der Waals surface area (Å²) in [5.74, 6) is 0. The summed E-state index contributed by atoms with van der Waals surface area (Å²) in [6, 6.07) is 0. The number of nitrogens with one attached hydrogen (secondary N) is 1. The SMILES string of the molecule is CC(NCCCCCN)OP(O)(O)=S. The van der Waals surface area contributed by atoms with Crippen LogP contribution in [-0.2, 0) is 16.3 Å². The van der Waals surface area contributed by atoms with E-state index in [1.165, 1.54) is 0 Å². The minimum absolute atomic E-state index is 0.422. The van der Waals surface area contributed by atoms with Gasteiger partial charge in [0, 0.05) is 0 Å². The molecule has 0 aromatic rings. The molecular formula is C7H19N2O3PS. The fraction of sp³-hybridized carbons (Fsp3) is 1.00. The molecule has 0 aliphatic rings. The third-order valence-corrected chi connectivity index (χ3v) is 2.46. The highest BCUT2D eigenvalue weighted by Gasteiger charge is 2.12.